The average molecular weight is 397 g/mol. The van der Waals surface area contributed by atoms with Crippen molar-refractivity contribution < 1.29 is 23.1 Å². The SMILES string of the molecule is Cc1cc(C(=O)NC(C)c2nc(C)c(C(=O)O)s2)cc(S(N)(=O)=O)c1C. The number of hydrogen-bond donors (Lipinski definition) is 3. The molecular formula is C16H19N3O5S2. The molecule has 0 radical (unpaired) electrons. The number of primary sulfonamides is 1. The third kappa shape index (κ3) is 4.09. The molecule has 2 rings (SSSR count). The van der Waals surface area contributed by atoms with Gasteiger partial charge in [0.2, 0.25) is 10.0 Å². The number of aromatic carboxylic acids is 1. The molecule has 1 aromatic carbocycles. The molecule has 0 aliphatic rings. The van der Waals surface area contributed by atoms with E-state index in [1.54, 1.807) is 33.8 Å². The normalized spacial score (nSPS) is 12.7. The van der Waals surface area contributed by atoms with Crippen molar-refractivity contribution in [3.05, 3.63) is 44.4 Å². The summed E-state index contributed by atoms with van der Waals surface area (Å²) in [5, 5.41) is 17.5. The number of carboxylic acid groups (broad SMARTS) is 1. The maximum Gasteiger partial charge on any atom is 0.347 e. The Morgan fingerprint density at radius 1 is 1.27 bits per heavy atom. The third-order valence-electron chi connectivity index (χ3n) is 3.91. The summed E-state index contributed by atoms with van der Waals surface area (Å²) in [5.74, 6) is -1.58. The van der Waals surface area contributed by atoms with E-state index in [1.807, 2.05) is 0 Å². The standard InChI is InChI=1S/C16H19N3O5S2/c1-7-5-11(6-12(8(7)2)26(17,23)24)14(20)18-10(4)15-19-9(3)13(25-15)16(21)22/h5-6,10H,1-4H3,(H,18,20)(H,21,22)(H2,17,23,24). The maximum atomic E-state index is 12.5. The summed E-state index contributed by atoms with van der Waals surface area (Å²) in [6.45, 7) is 6.56. The first-order valence-corrected chi connectivity index (χ1v) is 9.93. The molecule has 10 heteroatoms. The van der Waals surface area contributed by atoms with Crippen LogP contribution in [0.3, 0.4) is 0 Å². The first-order chi connectivity index (χ1) is 11.9. The number of rotatable bonds is 5. The molecule has 140 valence electrons. The molecule has 0 bridgehead atoms. The van der Waals surface area contributed by atoms with Crippen molar-refractivity contribution in [1.82, 2.24) is 10.3 Å². The van der Waals surface area contributed by atoms with Gasteiger partial charge in [-0.3, -0.25) is 4.79 Å². The van der Waals surface area contributed by atoms with Crippen LogP contribution in [-0.4, -0.2) is 30.4 Å². The number of aromatic nitrogens is 1. The number of sulfonamides is 1. The number of nitrogens with two attached hydrogens (primary N) is 1. The molecule has 1 amide bonds. The van der Waals surface area contributed by atoms with E-state index < -0.39 is 27.9 Å². The monoisotopic (exact) mass is 397 g/mol. The Labute approximate surface area is 155 Å². The zero-order valence-electron chi connectivity index (χ0n) is 14.7. The number of nitrogens with one attached hydrogen (secondary N) is 1. The van der Waals surface area contributed by atoms with E-state index in [2.05, 4.69) is 10.3 Å². The Morgan fingerprint density at radius 2 is 1.88 bits per heavy atom. The van der Waals surface area contributed by atoms with Crippen LogP contribution in [0.15, 0.2) is 17.0 Å². The van der Waals surface area contributed by atoms with Crippen LogP contribution in [0.2, 0.25) is 0 Å². The van der Waals surface area contributed by atoms with E-state index >= 15 is 0 Å². The second-order valence-electron chi connectivity index (χ2n) is 5.93. The van der Waals surface area contributed by atoms with Crippen LogP contribution in [-0.2, 0) is 10.0 Å². The highest BCUT2D eigenvalue weighted by Crippen LogP contribution is 2.25. The molecule has 1 atom stereocenters. The van der Waals surface area contributed by atoms with Gasteiger partial charge in [-0.05, 0) is 51.0 Å². The molecule has 1 aromatic heterocycles. The first-order valence-electron chi connectivity index (χ1n) is 7.57. The number of carboxylic acids is 1. The Balaban J connectivity index is 2.31. The lowest BCUT2D eigenvalue weighted by Gasteiger charge is -2.14. The lowest BCUT2D eigenvalue weighted by Crippen LogP contribution is -2.27. The van der Waals surface area contributed by atoms with Crippen LogP contribution < -0.4 is 10.5 Å². The van der Waals surface area contributed by atoms with Crippen LogP contribution in [0.1, 0.15) is 54.8 Å². The minimum atomic E-state index is -3.96. The van der Waals surface area contributed by atoms with Gasteiger partial charge in [0.1, 0.15) is 9.88 Å². The predicted molar refractivity (Wildman–Crippen MR) is 97.0 cm³/mol. The van der Waals surface area contributed by atoms with E-state index in [1.165, 1.54) is 6.07 Å². The molecule has 26 heavy (non-hydrogen) atoms. The van der Waals surface area contributed by atoms with Crippen molar-refractivity contribution in [2.24, 2.45) is 5.14 Å². The van der Waals surface area contributed by atoms with E-state index in [0.717, 1.165) is 11.3 Å². The second kappa shape index (κ2) is 7.14. The number of benzene rings is 1. The van der Waals surface area contributed by atoms with Gasteiger partial charge in [-0.15, -0.1) is 11.3 Å². The summed E-state index contributed by atoms with van der Waals surface area (Å²) in [7, 11) is -3.96. The minimum Gasteiger partial charge on any atom is -0.477 e. The highest BCUT2D eigenvalue weighted by Gasteiger charge is 2.21. The molecule has 1 unspecified atom stereocenters. The Hall–Kier alpha value is -2.30. The van der Waals surface area contributed by atoms with Crippen molar-refractivity contribution in [3.8, 4) is 0 Å². The van der Waals surface area contributed by atoms with E-state index in [4.69, 9.17) is 10.2 Å². The van der Waals surface area contributed by atoms with Crippen LogP contribution in [0.25, 0.3) is 0 Å². The van der Waals surface area contributed by atoms with Crippen molar-refractivity contribution in [2.45, 2.75) is 38.6 Å². The van der Waals surface area contributed by atoms with Gasteiger partial charge < -0.3 is 10.4 Å². The molecule has 0 saturated carbocycles. The van der Waals surface area contributed by atoms with Gasteiger partial charge in [-0.2, -0.15) is 0 Å². The summed E-state index contributed by atoms with van der Waals surface area (Å²) < 4.78 is 23.4. The summed E-state index contributed by atoms with van der Waals surface area (Å²) in [6, 6.07) is 2.26. The van der Waals surface area contributed by atoms with Crippen LogP contribution in [0.4, 0.5) is 0 Å². The van der Waals surface area contributed by atoms with Crippen molar-refractivity contribution >= 4 is 33.2 Å². The molecule has 0 aliphatic carbocycles. The zero-order valence-corrected chi connectivity index (χ0v) is 16.3. The Kier molecular flexibility index (Phi) is 5.49. The summed E-state index contributed by atoms with van der Waals surface area (Å²) in [5.41, 5.74) is 1.63. The number of carbonyl (C=O) groups excluding carboxylic acids is 1. The third-order valence-corrected chi connectivity index (χ3v) is 6.28. The van der Waals surface area contributed by atoms with Crippen LogP contribution >= 0.6 is 11.3 Å². The lowest BCUT2D eigenvalue weighted by molar-refractivity contribution is 0.0700. The lowest BCUT2D eigenvalue weighted by atomic mass is 10.1. The number of nitrogens with zero attached hydrogens (tertiary/aromatic N) is 1. The quantitative estimate of drug-likeness (QED) is 0.704. The Morgan fingerprint density at radius 3 is 2.38 bits per heavy atom. The molecule has 0 spiro atoms. The molecule has 2 aromatic rings. The number of carbonyl (C=O) groups is 2. The predicted octanol–water partition coefficient (Wildman–Crippen LogP) is 1.90. The second-order valence-corrected chi connectivity index (χ2v) is 8.49. The number of aryl methyl sites for hydroxylation is 2. The average Bonchev–Trinajstić information content (AvgIpc) is 2.90. The van der Waals surface area contributed by atoms with Crippen LogP contribution in [0.5, 0.6) is 0 Å². The van der Waals surface area contributed by atoms with Crippen molar-refractivity contribution in [1.29, 1.82) is 0 Å². The fourth-order valence-corrected chi connectivity index (χ4v) is 4.18. The van der Waals surface area contributed by atoms with Gasteiger partial charge in [0.25, 0.3) is 5.91 Å². The summed E-state index contributed by atoms with van der Waals surface area (Å²) in [4.78, 5) is 27.8. The fraction of sp³-hybridized carbons (Fsp3) is 0.312. The Bertz CT molecular complexity index is 996. The number of hydrogen-bond acceptors (Lipinski definition) is 6. The molecule has 1 heterocycles. The number of amides is 1. The number of thiazole rings is 1. The van der Waals surface area contributed by atoms with Crippen molar-refractivity contribution in [2.75, 3.05) is 0 Å². The van der Waals surface area contributed by atoms with Gasteiger partial charge in [-0.25, -0.2) is 23.3 Å². The van der Waals surface area contributed by atoms with Crippen LogP contribution in [0, 0.1) is 20.8 Å². The van der Waals surface area contributed by atoms with Crippen molar-refractivity contribution in [3.63, 3.8) is 0 Å². The van der Waals surface area contributed by atoms with Gasteiger partial charge in [0, 0.05) is 5.56 Å². The largest absolute Gasteiger partial charge is 0.477 e. The highest BCUT2D eigenvalue weighted by molar-refractivity contribution is 7.89. The zero-order chi connectivity index (χ0) is 19.8. The molecule has 8 nitrogen and oxygen atoms in total. The minimum absolute atomic E-state index is 0.103. The first kappa shape index (κ1) is 20.0. The fourth-order valence-electron chi connectivity index (χ4n) is 2.40. The summed E-state index contributed by atoms with van der Waals surface area (Å²) >= 11 is 0.985. The van der Waals surface area contributed by atoms with E-state index in [9.17, 15) is 18.0 Å². The topological polar surface area (TPSA) is 139 Å². The smallest absolute Gasteiger partial charge is 0.347 e. The highest BCUT2D eigenvalue weighted by atomic mass is 32.2. The molecule has 4 N–H and O–H groups in total. The molecule has 0 aliphatic heterocycles. The van der Waals surface area contributed by atoms with Gasteiger partial charge in [0.05, 0.1) is 16.6 Å². The van der Waals surface area contributed by atoms with Gasteiger partial charge >= 0.3 is 5.97 Å². The molecular weight excluding hydrogens is 378 g/mol. The van der Waals surface area contributed by atoms with E-state index in [-0.39, 0.29) is 15.3 Å². The summed E-state index contributed by atoms with van der Waals surface area (Å²) in [6.07, 6.45) is 0. The van der Waals surface area contributed by atoms with Gasteiger partial charge in [-0.1, -0.05) is 0 Å². The van der Waals surface area contributed by atoms with E-state index in [0.29, 0.717) is 21.8 Å². The molecule has 0 fully saturated rings. The van der Waals surface area contributed by atoms with Gasteiger partial charge in [0.15, 0.2) is 0 Å². The molecule has 0 saturated heterocycles. The maximum absolute atomic E-state index is 12.5.